The zero-order valence-electron chi connectivity index (χ0n) is 16.1. The maximum absolute atomic E-state index is 10.4. The molecule has 7 heteroatoms. The third kappa shape index (κ3) is 5.95. The maximum Gasteiger partial charge on any atom is 0.175 e. The first-order valence-electron chi connectivity index (χ1n) is 9.40. The van der Waals surface area contributed by atoms with E-state index in [1.54, 1.807) is 0 Å². The summed E-state index contributed by atoms with van der Waals surface area (Å²) in [5, 5.41) is 28.5. The lowest BCUT2D eigenvalue weighted by atomic mass is 10.2. The summed E-state index contributed by atoms with van der Waals surface area (Å²) in [7, 11) is 0. The second-order valence-electron chi connectivity index (χ2n) is 6.49. The molecule has 2 aromatic heterocycles. The van der Waals surface area contributed by atoms with Gasteiger partial charge >= 0.3 is 0 Å². The Labute approximate surface area is 182 Å². The number of aliphatic hydroxyl groups excluding tert-OH is 2. The van der Waals surface area contributed by atoms with Crippen molar-refractivity contribution < 1.29 is 19.7 Å². The van der Waals surface area contributed by atoms with Crippen LogP contribution in [0.2, 0.25) is 0 Å². The molecule has 5 rings (SSSR count). The molecule has 1 aliphatic rings. The second-order valence-corrected chi connectivity index (χ2v) is 8.72. The third-order valence-electron chi connectivity index (χ3n) is 4.30. The summed E-state index contributed by atoms with van der Waals surface area (Å²) < 4.78 is 6.99. The summed E-state index contributed by atoms with van der Waals surface area (Å²) in [6, 6.07) is 21.4. The number of nitriles is 1. The van der Waals surface area contributed by atoms with Gasteiger partial charge in [-0.15, -0.1) is 22.7 Å². The summed E-state index contributed by atoms with van der Waals surface area (Å²) in [5.41, 5.74) is 0. The lowest BCUT2D eigenvalue weighted by Crippen LogP contribution is -1.99. The van der Waals surface area contributed by atoms with Crippen molar-refractivity contribution in [1.29, 1.82) is 5.26 Å². The number of hydrogen-bond acceptors (Lipinski definition) is 7. The molecule has 5 nitrogen and oxygen atoms in total. The third-order valence-corrected chi connectivity index (χ3v) is 6.51. The van der Waals surface area contributed by atoms with E-state index in [9.17, 15) is 9.90 Å². The van der Waals surface area contributed by atoms with Gasteiger partial charge in [-0.25, -0.2) is 0 Å². The maximum atomic E-state index is 10.4. The average molecular weight is 440 g/mol. The highest BCUT2D eigenvalue weighted by molar-refractivity contribution is 7.20. The molecular formula is C23H21NO4S2. The summed E-state index contributed by atoms with van der Waals surface area (Å²) in [4.78, 5) is 11.9. The normalized spacial score (nSPS) is 16.1. The summed E-state index contributed by atoms with van der Waals surface area (Å²) in [5.74, 6) is 0. The van der Waals surface area contributed by atoms with E-state index in [2.05, 4.69) is 0 Å². The Hall–Kier alpha value is -2.60. The zero-order chi connectivity index (χ0) is 21.3. The van der Waals surface area contributed by atoms with Crippen molar-refractivity contribution >= 4 is 49.1 Å². The molecule has 2 unspecified atom stereocenters. The number of aliphatic hydroxyl groups is 2. The van der Waals surface area contributed by atoms with Crippen LogP contribution in [0.3, 0.4) is 0 Å². The molecular weight excluding hydrogens is 418 g/mol. The monoisotopic (exact) mass is 439 g/mol. The lowest BCUT2D eigenvalue weighted by Gasteiger charge is -1.93. The Balaban J connectivity index is 0.000000136. The molecule has 4 aromatic rings. The smallest absolute Gasteiger partial charge is 0.175 e. The number of hydrogen-bond donors (Lipinski definition) is 2. The standard InChI is InChI=1S/C10H7NOS.C9H6OS.C4H8O2/c11-6-8(12)10-5-7-3-1-2-4-9(7)13-10;10-6-8-5-7-3-1-2-4-9(7)11-8;5-4-2-1-3-6-4/h1-5,8,12H;1-6H;4-5H,1-3H2. The number of carbonyl (C=O) groups is 1. The molecule has 2 aromatic carbocycles. The van der Waals surface area contributed by atoms with Gasteiger partial charge in [-0.3, -0.25) is 4.79 Å². The van der Waals surface area contributed by atoms with E-state index in [0.717, 1.165) is 46.1 Å². The minimum absolute atomic E-state index is 0.454. The first-order valence-corrected chi connectivity index (χ1v) is 11.0. The van der Waals surface area contributed by atoms with Gasteiger partial charge in [0.15, 0.2) is 18.7 Å². The van der Waals surface area contributed by atoms with Gasteiger partial charge in [0.1, 0.15) is 0 Å². The predicted octanol–water partition coefficient (Wildman–Crippen LogP) is 5.29. The van der Waals surface area contributed by atoms with E-state index in [1.807, 2.05) is 66.7 Å². The number of benzene rings is 2. The van der Waals surface area contributed by atoms with E-state index in [0.29, 0.717) is 4.88 Å². The van der Waals surface area contributed by atoms with Crippen LogP contribution < -0.4 is 0 Å². The van der Waals surface area contributed by atoms with Crippen LogP contribution >= 0.6 is 22.7 Å². The Morgan fingerprint density at radius 2 is 1.70 bits per heavy atom. The highest BCUT2D eigenvalue weighted by Crippen LogP contribution is 2.29. The second kappa shape index (κ2) is 11.0. The van der Waals surface area contributed by atoms with Gasteiger partial charge in [0.25, 0.3) is 0 Å². The summed E-state index contributed by atoms with van der Waals surface area (Å²) in [6.07, 6.45) is 1.29. The van der Waals surface area contributed by atoms with Crippen molar-refractivity contribution in [2.24, 2.45) is 0 Å². The molecule has 3 heterocycles. The van der Waals surface area contributed by atoms with E-state index >= 15 is 0 Å². The van der Waals surface area contributed by atoms with Crippen LogP contribution in [0.1, 0.15) is 33.5 Å². The molecule has 0 radical (unpaired) electrons. The number of fused-ring (bicyclic) bond motifs is 2. The van der Waals surface area contributed by atoms with Crippen LogP contribution in [-0.2, 0) is 4.74 Å². The number of nitrogens with zero attached hydrogens (tertiary/aromatic N) is 1. The van der Waals surface area contributed by atoms with Crippen LogP contribution in [0.15, 0.2) is 60.7 Å². The number of rotatable bonds is 2. The quantitative estimate of drug-likeness (QED) is 0.327. The highest BCUT2D eigenvalue weighted by atomic mass is 32.1. The van der Waals surface area contributed by atoms with Gasteiger partial charge < -0.3 is 14.9 Å². The Morgan fingerprint density at radius 3 is 2.17 bits per heavy atom. The first kappa shape index (κ1) is 22.1. The van der Waals surface area contributed by atoms with Crippen LogP contribution in [0.5, 0.6) is 0 Å². The lowest BCUT2D eigenvalue weighted by molar-refractivity contribution is -0.0589. The Morgan fingerprint density at radius 1 is 1.07 bits per heavy atom. The van der Waals surface area contributed by atoms with Crippen LogP contribution in [0.4, 0.5) is 0 Å². The molecule has 154 valence electrons. The molecule has 0 amide bonds. The summed E-state index contributed by atoms with van der Waals surface area (Å²) in [6.45, 7) is 0.737. The van der Waals surface area contributed by atoms with Gasteiger partial charge in [0.05, 0.1) is 10.9 Å². The van der Waals surface area contributed by atoms with E-state index < -0.39 is 12.4 Å². The Bertz CT molecular complexity index is 1070. The number of aldehydes is 1. The van der Waals surface area contributed by atoms with Gasteiger partial charge in [-0.1, -0.05) is 36.4 Å². The van der Waals surface area contributed by atoms with E-state index in [-0.39, 0.29) is 0 Å². The number of ether oxygens (including phenoxy) is 1. The predicted molar refractivity (Wildman–Crippen MR) is 121 cm³/mol. The van der Waals surface area contributed by atoms with E-state index in [4.69, 9.17) is 15.1 Å². The topological polar surface area (TPSA) is 90.5 Å². The van der Waals surface area contributed by atoms with Crippen molar-refractivity contribution in [3.63, 3.8) is 0 Å². The molecule has 1 fully saturated rings. The highest BCUT2D eigenvalue weighted by Gasteiger charge is 2.09. The molecule has 2 atom stereocenters. The van der Waals surface area contributed by atoms with Gasteiger partial charge in [0.2, 0.25) is 0 Å². The van der Waals surface area contributed by atoms with Gasteiger partial charge in [0, 0.05) is 27.3 Å². The minimum atomic E-state index is -0.989. The van der Waals surface area contributed by atoms with Crippen molar-refractivity contribution in [3.05, 3.63) is 70.4 Å². The van der Waals surface area contributed by atoms with Crippen molar-refractivity contribution in [1.82, 2.24) is 0 Å². The SMILES string of the molecule is N#CC(O)c1cc2ccccc2s1.O=Cc1cc2ccccc2s1.OC1CCCO1. The van der Waals surface area contributed by atoms with Crippen molar-refractivity contribution in [3.8, 4) is 6.07 Å². The van der Waals surface area contributed by atoms with Gasteiger partial charge in [-0.05, 0) is 41.5 Å². The van der Waals surface area contributed by atoms with Gasteiger partial charge in [-0.2, -0.15) is 5.26 Å². The Kier molecular flexibility index (Phi) is 8.08. The molecule has 0 saturated carbocycles. The number of thiophene rings is 2. The molecule has 0 bridgehead atoms. The fourth-order valence-corrected chi connectivity index (χ4v) is 4.70. The molecule has 2 N–H and O–H groups in total. The summed E-state index contributed by atoms with van der Waals surface area (Å²) >= 11 is 2.99. The fraction of sp³-hybridized carbons (Fsp3) is 0.217. The first-order chi connectivity index (χ1) is 14.6. The van der Waals surface area contributed by atoms with Crippen LogP contribution in [0.25, 0.3) is 20.2 Å². The molecule has 0 spiro atoms. The van der Waals surface area contributed by atoms with Crippen LogP contribution in [-0.4, -0.2) is 29.4 Å². The van der Waals surface area contributed by atoms with Crippen molar-refractivity contribution in [2.75, 3.05) is 6.61 Å². The van der Waals surface area contributed by atoms with Crippen molar-refractivity contribution in [2.45, 2.75) is 25.2 Å². The number of carbonyl (C=O) groups excluding carboxylic acids is 1. The van der Waals surface area contributed by atoms with E-state index in [1.165, 1.54) is 27.4 Å². The molecule has 0 aliphatic carbocycles. The van der Waals surface area contributed by atoms with Crippen LogP contribution in [0, 0.1) is 11.3 Å². The average Bonchev–Trinajstić information content (AvgIpc) is 3.52. The molecule has 1 aliphatic heterocycles. The molecule has 30 heavy (non-hydrogen) atoms. The zero-order valence-corrected chi connectivity index (χ0v) is 17.7. The largest absolute Gasteiger partial charge is 0.373 e. The fourth-order valence-electron chi connectivity index (χ4n) is 2.82. The molecule has 1 saturated heterocycles. The minimum Gasteiger partial charge on any atom is -0.373 e.